The van der Waals surface area contributed by atoms with E-state index in [1.54, 1.807) is 0 Å². The summed E-state index contributed by atoms with van der Waals surface area (Å²) >= 11 is 0. The lowest BCUT2D eigenvalue weighted by Crippen LogP contribution is -2.22. The number of likely N-dealkylation sites (tertiary alicyclic amines) is 1. The van der Waals surface area contributed by atoms with Gasteiger partial charge in [-0.1, -0.05) is 0 Å². The van der Waals surface area contributed by atoms with Crippen molar-refractivity contribution in [3.05, 3.63) is 30.5 Å². The SMILES string of the molecule is COc1cnc(NC(=O)Nc2ccc(OC(F)(F)F)cc2)nc1NCC1CCN(C)C1. The standard InChI is InChI=1S/C19H23F3N6O3/c1-28-8-7-12(11-28)9-23-16-15(30-2)10-24-17(26-16)27-18(29)25-13-3-5-14(6-4-13)31-19(20,21)22/h3-6,10,12H,7-9,11H2,1-2H3,(H3,23,24,25,26,27,29). The first-order valence-electron chi connectivity index (χ1n) is 9.49. The number of aromatic nitrogens is 2. The van der Waals surface area contributed by atoms with Crippen molar-refractivity contribution in [2.45, 2.75) is 12.8 Å². The van der Waals surface area contributed by atoms with Crippen LogP contribution in [0, 0.1) is 5.92 Å². The molecule has 0 spiro atoms. The predicted molar refractivity (Wildman–Crippen MR) is 108 cm³/mol. The number of alkyl halides is 3. The molecule has 1 fully saturated rings. The number of carbonyl (C=O) groups is 1. The monoisotopic (exact) mass is 440 g/mol. The number of hydrogen-bond donors (Lipinski definition) is 3. The van der Waals surface area contributed by atoms with Crippen molar-refractivity contribution in [3.63, 3.8) is 0 Å². The van der Waals surface area contributed by atoms with E-state index in [0.717, 1.165) is 31.6 Å². The number of carbonyl (C=O) groups excluding carboxylic acids is 1. The van der Waals surface area contributed by atoms with Gasteiger partial charge in [0.05, 0.1) is 13.3 Å². The molecule has 2 aromatic rings. The predicted octanol–water partition coefficient (Wildman–Crippen LogP) is 3.39. The van der Waals surface area contributed by atoms with Crippen molar-refractivity contribution < 1.29 is 27.4 Å². The number of urea groups is 1. The summed E-state index contributed by atoms with van der Waals surface area (Å²) in [6.07, 6.45) is -2.26. The van der Waals surface area contributed by atoms with E-state index in [0.29, 0.717) is 24.0 Å². The summed E-state index contributed by atoms with van der Waals surface area (Å²) in [6.45, 7) is 2.74. The van der Waals surface area contributed by atoms with E-state index in [2.05, 4.69) is 42.6 Å². The van der Waals surface area contributed by atoms with Crippen molar-refractivity contribution in [2.24, 2.45) is 5.92 Å². The third kappa shape index (κ3) is 6.88. The maximum atomic E-state index is 12.2. The zero-order valence-electron chi connectivity index (χ0n) is 17.0. The number of hydrogen-bond acceptors (Lipinski definition) is 7. The molecule has 2 heterocycles. The largest absolute Gasteiger partial charge is 0.573 e. The minimum atomic E-state index is -4.78. The van der Waals surface area contributed by atoms with Crippen LogP contribution in [-0.4, -0.2) is 61.1 Å². The summed E-state index contributed by atoms with van der Waals surface area (Å²) in [5, 5.41) is 8.20. The fraction of sp³-hybridized carbons (Fsp3) is 0.421. The topological polar surface area (TPSA) is 101 Å². The van der Waals surface area contributed by atoms with Crippen molar-refractivity contribution in [1.82, 2.24) is 14.9 Å². The zero-order valence-corrected chi connectivity index (χ0v) is 17.0. The first-order valence-corrected chi connectivity index (χ1v) is 9.49. The van der Waals surface area contributed by atoms with Crippen LogP contribution < -0.4 is 25.4 Å². The second-order valence-electron chi connectivity index (χ2n) is 7.06. The summed E-state index contributed by atoms with van der Waals surface area (Å²) in [6, 6.07) is 4.09. The van der Waals surface area contributed by atoms with Crippen LogP contribution in [0.2, 0.25) is 0 Å². The van der Waals surface area contributed by atoms with Gasteiger partial charge >= 0.3 is 12.4 Å². The highest BCUT2D eigenvalue weighted by molar-refractivity contribution is 5.98. The fourth-order valence-corrected chi connectivity index (χ4v) is 3.14. The minimum absolute atomic E-state index is 0.0429. The molecule has 12 heteroatoms. The Morgan fingerprint density at radius 1 is 1.26 bits per heavy atom. The van der Waals surface area contributed by atoms with Crippen LogP contribution in [0.1, 0.15) is 6.42 Å². The number of benzene rings is 1. The van der Waals surface area contributed by atoms with E-state index < -0.39 is 12.4 Å². The van der Waals surface area contributed by atoms with Crippen LogP contribution in [0.25, 0.3) is 0 Å². The third-order valence-corrected chi connectivity index (χ3v) is 4.59. The molecule has 0 saturated carbocycles. The van der Waals surface area contributed by atoms with E-state index in [9.17, 15) is 18.0 Å². The molecule has 1 aromatic carbocycles. The molecule has 3 rings (SSSR count). The molecular formula is C19H23F3N6O3. The van der Waals surface area contributed by atoms with Gasteiger partial charge < -0.3 is 25.0 Å². The highest BCUT2D eigenvalue weighted by Crippen LogP contribution is 2.25. The van der Waals surface area contributed by atoms with Gasteiger partial charge in [0.1, 0.15) is 5.75 Å². The van der Waals surface area contributed by atoms with Gasteiger partial charge in [-0.2, -0.15) is 4.98 Å². The van der Waals surface area contributed by atoms with Crippen LogP contribution >= 0.6 is 0 Å². The first-order chi connectivity index (χ1) is 14.7. The van der Waals surface area contributed by atoms with Crippen LogP contribution in [0.3, 0.4) is 0 Å². The van der Waals surface area contributed by atoms with Crippen LogP contribution in [-0.2, 0) is 0 Å². The average Bonchev–Trinajstić information content (AvgIpc) is 3.12. The van der Waals surface area contributed by atoms with Crippen molar-refractivity contribution in [1.29, 1.82) is 0 Å². The first kappa shape index (κ1) is 22.4. The molecular weight excluding hydrogens is 417 g/mol. The van der Waals surface area contributed by atoms with Gasteiger partial charge in [0, 0.05) is 18.8 Å². The zero-order chi connectivity index (χ0) is 22.4. The molecule has 0 aliphatic carbocycles. The number of ether oxygens (including phenoxy) is 2. The van der Waals surface area contributed by atoms with E-state index in [-0.39, 0.29) is 17.4 Å². The average molecular weight is 440 g/mol. The molecule has 1 saturated heterocycles. The van der Waals surface area contributed by atoms with Gasteiger partial charge in [-0.3, -0.25) is 5.32 Å². The number of methoxy groups -OCH3 is 1. The highest BCUT2D eigenvalue weighted by atomic mass is 19.4. The highest BCUT2D eigenvalue weighted by Gasteiger charge is 2.31. The number of amides is 2. The van der Waals surface area contributed by atoms with Crippen molar-refractivity contribution in [2.75, 3.05) is 49.7 Å². The van der Waals surface area contributed by atoms with E-state index in [4.69, 9.17) is 4.74 Å². The van der Waals surface area contributed by atoms with Crippen molar-refractivity contribution in [3.8, 4) is 11.5 Å². The summed E-state index contributed by atoms with van der Waals surface area (Å²) < 4.78 is 45.7. The number of rotatable bonds is 7. The molecule has 2 amide bonds. The molecule has 1 aromatic heterocycles. The number of nitrogens with zero attached hydrogens (tertiary/aromatic N) is 3. The summed E-state index contributed by atoms with van der Waals surface area (Å²) in [5.74, 6) is 1.03. The molecule has 9 nitrogen and oxygen atoms in total. The number of nitrogens with one attached hydrogen (secondary N) is 3. The maximum Gasteiger partial charge on any atom is 0.573 e. The van der Waals surface area contributed by atoms with Gasteiger partial charge in [-0.05, 0) is 50.2 Å². The van der Waals surface area contributed by atoms with E-state index in [1.807, 2.05) is 0 Å². The Morgan fingerprint density at radius 3 is 2.61 bits per heavy atom. The molecule has 3 N–H and O–H groups in total. The van der Waals surface area contributed by atoms with Gasteiger partial charge in [0.2, 0.25) is 5.95 Å². The lowest BCUT2D eigenvalue weighted by molar-refractivity contribution is -0.274. The lowest BCUT2D eigenvalue weighted by Gasteiger charge is -2.15. The second kappa shape index (κ2) is 9.69. The Hall–Kier alpha value is -3.28. The minimum Gasteiger partial charge on any atom is -0.491 e. The molecule has 0 bridgehead atoms. The molecule has 0 radical (unpaired) electrons. The Morgan fingerprint density at radius 2 is 2.00 bits per heavy atom. The molecule has 31 heavy (non-hydrogen) atoms. The quantitative estimate of drug-likeness (QED) is 0.607. The second-order valence-corrected chi connectivity index (χ2v) is 7.06. The summed E-state index contributed by atoms with van der Waals surface area (Å²) in [5.41, 5.74) is 0.268. The van der Waals surface area contributed by atoms with Crippen LogP contribution in [0.5, 0.6) is 11.5 Å². The van der Waals surface area contributed by atoms with Gasteiger partial charge in [0.15, 0.2) is 11.6 Å². The van der Waals surface area contributed by atoms with Crippen LogP contribution in [0.15, 0.2) is 30.5 Å². The normalized spacial score (nSPS) is 16.6. The smallest absolute Gasteiger partial charge is 0.491 e. The third-order valence-electron chi connectivity index (χ3n) is 4.59. The Balaban J connectivity index is 1.57. The summed E-state index contributed by atoms with van der Waals surface area (Å²) in [7, 11) is 3.57. The lowest BCUT2D eigenvalue weighted by atomic mass is 10.1. The van der Waals surface area contributed by atoms with Gasteiger partial charge in [-0.25, -0.2) is 9.78 Å². The number of anilines is 3. The molecule has 1 unspecified atom stereocenters. The van der Waals surface area contributed by atoms with Crippen molar-refractivity contribution >= 4 is 23.5 Å². The van der Waals surface area contributed by atoms with E-state index >= 15 is 0 Å². The fourth-order valence-electron chi connectivity index (χ4n) is 3.14. The van der Waals surface area contributed by atoms with E-state index in [1.165, 1.54) is 25.4 Å². The molecule has 168 valence electrons. The number of halogens is 3. The van der Waals surface area contributed by atoms with Gasteiger partial charge in [-0.15, -0.1) is 13.2 Å². The molecule has 1 atom stereocenters. The Bertz CT molecular complexity index is 894. The summed E-state index contributed by atoms with van der Waals surface area (Å²) in [4.78, 5) is 22.8. The Labute approximate surface area is 177 Å². The Kier molecular flexibility index (Phi) is 7.00. The maximum absolute atomic E-state index is 12.2. The van der Waals surface area contributed by atoms with Crippen LogP contribution in [0.4, 0.5) is 35.4 Å². The van der Waals surface area contributed by atoms with Gasteiger partial charge in [0.25, 0.3) is 0 Å². The molecule has 1 aliphatic rings. The molecule has 1 aliphatic heterocycles.